The summed E-state index contributed by atoms with van der Waals surface area (Å²) in [5, 5.41) is 23.9. The van der Waals surface area contributed by atoms with Crippen LogP contribution in [0, 0.1) is 0 Å². The van der Waals surface area contributed by atoms with Crippen molar-refractivity contribution >= 4 is 45.6 Å². The van der Waals surface area contributed by atoms with E-state index >= 15 is 0 Å². The minimum absolute atomic E-state index is 0. The van der Waals surface area contributed by atoms with Crippen molar-refractivity contribution in [3.8, 4) is 22.1 Å². The average molecular weight is 716 g/mol. The number of phenols is 2. The minimum atomic E-state index is -0.861. The van der Waals surface area contributed by atoms with Crippen LogP contribution in [0.5, 0.6) is 11.5 Å². The number of carbonyl (C=O) groups excluding carboxylic acids is 1. The molecule has 3 N–H and O–H groups in total. The fraction of sp³-hybridized carbons (Fsp3) is 0.0667. The van der Waals surface area contributed by atoms with E-state index in [9.17, 15) is 15.0 Å². The maximum atomic E-state index is 13.2. The number of phenolic OH excluding ortho intramolecular Hbond substituents is 2. The molecule has 0 spiro atoms. The van der Waals surface area contributed by atoms with E-state index in [0.29, 0.717) is 16.8 Å². The average Bonchev–Trinajstić information content (AvgIpc) is 3.37. The van der Waals surface area contributed by atoms with Gasteiger partial charge >= 0.3 is 0 Å². The third kappa shape index (κ3) is 7.05. The fourth-order valence-electron chi connectivity index (χ4n) is 3.73. The summed E-state index contributed by atoms with van der Waals surface area (Å²) in [5.74, 6) is -0.180. The van der Waals surface area contributed by atoms with Gasteiger partial charge in [-0.05, 0) is 60.7 Å². The van der Waals surface area contributed by atoms with Crippen molar-refractivity contribution in [2.75, 3.05) is 11.9 Å². The number of carbonyl (C=O) groups is 1. The van der Waals surface area contributed by atoms with E-state index < -0.39 is 6.04 Å². The molecule has 4 aromatic carbocycles. The van der Waals surface area contributed by atoms with Crippen molar-refractivity contribution in [1.82, 2.24) is 4.98 Å². The van der Waals surface area contributed by atoms with Gasteiger partial charge in [0.05, 0.1) is 16.8 Å². The third-order valence-corrected chi connectivity index (χ3v) is 6.86. The molecule has 0 bridgehead atoms. The van der Waals surface area contributed by atoms with Gasteiger partial charge in [0.15, 0.2) is 0 Å². The predicted octanol–water partition coefficient (Wildman–Crippen LogP) is 5.92. The summed E-state index contributed by atoms with van der Waals surface area (Å²) in [5.41, 5.74) is 3.58. The molecule has 0 saturated carbocycles. The summed E-state index contributed by atoms with van der Waals surface area (Å²) >= 11 is 1.62. The molecule has 0 aliphatic heterocycles. The number of hydrogen-bond acceptors (Lipinski definition) is 7. The summed E-state index contributed by atoms with van der Waals surface area (Å²) in [7, 11) is 0. The number of thiazole rings is 1. The first-order chi connectivity index (χ1) is 18.6. The Morgan fingerprint density at radius 2 is 1.46 bits per heavy atom. The van der Waals surface area contributed by atoms with Crippen molar-refractivity contribution in [3.05, 3.63) is 108 Å². The maximum Gasteiger partial charge on any atom is 0.251 e. The van der Waals surface area contributed by atoms with Gasteiger partial charge in [0.25, 0.3) is 5.91 Å². The Kier molecular flexibility index (Phi) is 9.36. The number of fused-ring (bicyclic) bond motifs is 1. The van der Waals surface area contributed by atoms with Crippen LogP contribution in [0.15, 0.2) is 107 Å². The second-order valence-electron chi connectivity index (χ2n) is 8.46. The number of aliphatic imine (C=N–C) groups is 2. The number of aromatic nitrogens is 1. The van der Waals surface area contributed by atoms with Crippen LogP contribution in [0.3, 0.4) is 0 Å². The first kappa shape index (κ1) is 27.9. The monoisotopic (exact) mass is 715 g/mol. The summed E-state index contributed by atoms with van der Waals surface area (Å²) in [4.78, 5) is 26.6. The zero-order valence-corrected chi connectivity index (χ0v) is 23.6. The molecular formula is C30H24N4O3PtS. The van der Waals surface area contributed by atoms with Gasteiger partial charge in [-0.1, -0.05) is 36.4 Å². The van der Waals surface area contributed by atoms with E-state index in [4.69, 9.17) is 0 Å². The molecule has 1 aromatic heterocycles. The summed E-state index contributed by atoms with van der Waals surface area (Å²) in [6, 6.07) is 28.2. The topological polar surface area (TPSA) is 107 Å². The number of nitrogens with one attached hydrogen (secondary N) is 1. The molecule has 5 aromatic rings. The molecule has 0 radical (unpaired) electrons. The molecule has 0 aliphatic carbocycles. The van der Waals surface area contributed by atoms with Crippen molar-refractivity contribution in [1.29, 1.82) is 0 Å². The molecule has 1 unspecified atom stereocenters. The second-order valence-corrected chi connectivity index (χ2v) is 9.49. The van der Waals surface area contributed by atoms with Gasteiger partial charge in [0.2, 0.25) is 0 Å². The zero-order chi connectivity index (χ0) is 26.3. The minimum Gasteiger partial charge on any atom is -0.507 e. The molecule has 198 valence electrons. The summed E-state index contributed by atoms with van der Waals surface area (Å²) in [6.45, 7) is 0.0497. The molecule has 1 atom stereocenters. The first-order valence-electron chi connectivity index (χ1n) is 11.9. The van der Waals surface area contributed by atoms with Gasteiger partial charge in [-0.3, -0.25) is 14.8 Å². The smallest absolute Gasteiger partial charge is 0.251 e. The van der Waals surface area contributed by atoms with Crippen LogP contribution >= 0.6 is 11.3 Å². The van der Waals surface area contributed by atoms with E-state index in [1.807, 2.05) is 48.5 Å². The predicted molar refractivity (Wildman–Crippen MR) is 154 cm³/mol. The molecule has 0 fully saturated rings. The van der Waals surface area contributed by atoms with Gasteiger partial charge in [-0.15, -0.1) is 11.3 Å². The molecule has 5 rings (SSSR count). The number of para-hydroxylation sites is 3. The number of hydrogen-bond donors (Lipinski definition) is 3. The molecule has 0 aliphatic rings. The Morgan fingerprint density at radius 1 is 0.846 bits per heavy atom. The van der Waals surface area contributed by atoms with E-state index in [1.165, 1.54) is 12.4 Å². The van der Waals surface area contributed by atoms with Crippen molar-refractivity contribution in [3.63, 3.8) is 0 Å². The molecule has 0 saturated heterocycles. The van der Waals surface area contributed by atoms with E-state index in [-0.39, 0.29) is 45.0 Å². The Labute approximate surface area is 243 Å². The van der Waals surface area contributed by atoms with Gasteiger partial charge < -0.3 is 15.5 Å². The summed E-state index contributed by atoms with van der Waals surface area (Å²) in [6.07, 6.45) is 2.98. The quantitative estimate of drug-likeness (QED) is 0.174. The van der Waals surface area contributed by atoms with Crippen LogP contribution in [0.1, 0.15) is 11.1 Å². The molecule has 9 heteroatoms. The molecule has 39 heavy (non-hydrogen) atoms. The molecule has 1 amide bonds. The number of anilines is 1. The number of aromatic hydroxyl groups is 2. The standard InChI is InChI=1S/C30H24N4O3S.Pt/c35-26-10-4-1-7-21(26)17-31-19-25(32-18-22-8-2-5-11-27(22)36)29(37)33-23-15-13-20(14-16-23)30-34-24-9-3-6-12-28(24)38-30;/h1-18,25,35-36H,19H2,(H,33,37);. The van der Waals surface area contributed by atoms with E-state index in [2.05, 4.69) is 20.3 Å². The molecular weight excluding hydrogens is 692 g/mol. The van der Waals surface area contributed by atoms with Crippen LogP contribution in [0.2, 0.25) is 0 Å². The van der Waals surface area contributed by atoms with Gasteiger partial charge in [0, 0.05) is 55.9 Å². The molecule has 1 heterocycles. The SMILES string of the molecule is O=C(Nc1ccc(-c2nc3ccccc3s2)cc1)C(CN=Cc1ccccc1O)N=Cc1ccccc1O.[Pt]. The van der Waals surface area contributed by atoms with Gasteiger partial charge in [0.1, 0.15) is 22.5 Å². The van der Waals surface area contributed by atoms with Crippen LogP contribution in [-0.2, 0) is 25.9 Å². The van der Waals surface area contributed by atoms with Crippen LogP contribution in [-0.4, -0.2) is 46.1 Å². The Bertz CT molecular complexity index is 1600. The van der Waals surface area contributed by atoms with Crippen LogP contribution in [0.4, 0.5) is 5.69 Å². The Balaban J connectivity index is 0.00000353. The number of rotatable bonds is 8. The van der Waals surface area contributed by atoms with Crippen molar-refractivity contribution in [2.24, 2.45) is 9.98 Å². The summed E-state index contributed by atoms with van der Waals surface area (Å²) < 4.78 is 1.12. The first-order valence-corrected chi connectivity index (χ1v) is 12.7. The van der Waals surface area contributed by atoms with Crippen molar-refractivity contribution in [2.45, 2.75) is 6.04 Å². The fourth-order valence-corrected chi connectivity index (χ4v) is 4.70. The van der Waals surface area contributed by atoms with Gasteiger partial charge in [-0.25, -0.2) is 4.98 Å². The van der Waals surface area contributed by atoms with E-state index in [1.54, 1.807) is 59.9 Å². The number of nitrogens with zero attached hydrogens (tertiary/aromatic N) is 3. The Hall–Kier alpha value is -4.13. The number of amides is 1. The van der Waals surface area contributed by atoms with E-state index in [0.717, 1.165) is 20.8 Å². The van der Waals surface area contributed by atoms with Crippen LogP contribution < -0.4 is 5.32 Å². The largest absolute Gasteiger partial charge is 0.507 e. The maximum absolute atomic E-state index is 13.2. The van der Waals surface area contributed by atoms with Crippen molar-refractivity contribution < 1.29 is 36.1 Å². The molecule has 7 nitrogen and oxygen atoms in total. The normalized spacial score (nSPS) is 12.0. The Morgan fingerprint density at radius 3 is 2.13 bits per heavy atom. The zero-order valence-electron chi connectivity index (χ0n) is 20.5. The van der Waals surface area contributed by atoms with Gasteiger partial charge in [-0.2, -0.15) is 0 Å². The third-order valence-electron chi connectivity index (χ3n) is 5.77. The number of benzene rings is 4. The van der Waals surface area contributed by atoms with Crippen LogP contribution in [0.25, 0.3) is 20.8 Å². The second kappa shape index (κ2) is 13.1.